The van der Waals surface area contributed by atoms with Crippen LogP contribution in [0.25, 0.3) is 10.6 Å². The number of amides is 1. The first kappa shape index (κ1) is 16.9. The van der Waals surface area contributed by atoms with Crippen LogP contribution in [0.3, 0.4) is 0 Å². The van der Waals surface area contributed by atoms with Gasteiger partial charge in [0.2, 0.25) is 5.91 Å². The van der Waals surface area contributed by atoms with E-state index in [2.05, 4.69) is 10.3 Å². The minimum atomic E-state index is -0.827. The predicted octanol–water partition coefficient (Wildman–Crippen LogP) is 2.68. The molecule has 0 unspecified atom stereocenters. The van der Waals surface area contributed by atoms with E-state index in [0.717, 1.165) is 16.3 Å². The lowest BCUT2D eigenvalue weighted by Crippen LogP contribution is -2.54. The van der Waals surface area contributed by atoms with E-state index in [9.17, 15) is 4.79 Å². The maximum absolute atomic E-state index is 12.3. The molecule has 1 amide bonds. The van der Waals surface area contributed by atoms with Crippen molar-refractivity contribution < 1.29 is 9.53 Å². The summed E-state index contributed by atoms with van der Waals surface area (Å²) in [6, 6.07) is 7.64. The van der Waals surface area contributed by atoms with Crippen molar-refractivity contribution in [2.45, 2.75) is 18.4 Å². The molecule has 0 spiro atoms. The number of hydrogen-bond donors (Lipinski definition) is 2. The Hall–Kier alpha value is -1.47. The van der Waals surface area contributed by atoms with Crippen molar-refractivity contribution >= 4 is 35.3 Å². The highest BCUT2D eigenvalue weighted by atomic mass is 35.5. The SMILES string of the molecule is Cl.NC1(C(=O)Nc2ccc(-c3nccs3)cc2)CCOCC1. The van der Waals surface area contributed by atoms with Crippen LogP contribution in [0, 0.1) is 0 Å². The van der Waals surface area contributed by atoms with Gasteiger partial charge in [-0.2, -0.15) is 0 Å². The molecule has 1 fully saturated rings. The number of hydrogen-bond acceptors (Lipinski definition) is 5. The fraction of sp³-hybridized carbons (Fsp3) is 0.333. The third-order valence-corrected chi connectivity index (χ3v) is 4.48. The molecule has 0 radical (unpaired) electrons. The van der Waals surface area contributed by atoms with Gasteiger partial charge in [0.05, 0.1) is 0 Å². The van der Waals surface area contributed by atoms with E-state index in [-0.39, 0.29) is 18.3 Å². The fourth-order valence-electron chi connectivity index (χ4n) is 2.28. The Morgan fingerprint density at radius 2 is 1.95 bits per heavy atom. The maximum atomic E-state index is 12.3. The van der Waals surface area contributed by atoms with E-state index < -0.39 is 5.54 Å². The topological polar surface area (TPSA) is 77.2 Å². The van der Waals surface area contributed by atoms with E-state index >= 15 is 0 Å². The van der Waals surface area contributed by atoms with Crippen molar-refractivity contribution in [3.63, 3.8) is 0 Å². The first-order chi connectivity index (χ1) is 10.2. The number of nitrogens with zero attached hydrogens (tertiary/aromatic N) is 1. The average molecular weight is 340 g/mol. The number of halogens is 1. The van der Waals surface area contributed by atoms with E-state index in [0.29, 0.717) is 26.1 Å². The highest BCUT2D eigenvalue weighted by Gasteiger charge is 2.35. The molecule has 0 bridgehead atoms. The molecular weight excluding hydrogens is 322 g/mol. The minimum Gasteiger partial charge on any atom is -0.381 e. The van der Waals surface area contributed by atoms with Crippen molar-refractivity contribution in [3.8, 4) is 10.6 Å². The highest BCUT2D eigenvalue weighted by molar-refractivity contribution is 7.13. The molecule has 1 aromatic carbocycles. The van der Waals surface area contributed by atoms with Crippen LogP contribution in [0.1, 0.15) is 12.8 Å². The Bertz CT molecular complexity index is 610. The predicted molar refractivity (Wildman–Crippen MR) is 90.4 cm³/mol. The summed E-state index contributed by atoms with van der Waals surface area (Å²) < 4.78 is 5.26. The van der Waals surface area contributed by atoms with Gasteiger partial charge in [-0.25, -0.2) is 4.98 Å². The van der Waals surface area contributed by atoms with Gasteiger partial charge in [-0.3, -0.25) is 4.79 Å². The first-order valence-electron chi connectivity index (χ1n) is 6.85. The summed E-state index contributed by atoms with van der Waals surface area (Å²) in [5.74, 6) is -0.146. The average Bonchev–Trinajstić information content (AvgIpc) is 3.03. The van der Waals surface area contributed by atoms with Gasteiger partial charge < -0.3 is 15.8 Å². The summed E-state index contributed by atoms with van der Waals surface area (Å²) in [6.07, 6.45) is 2.88. The zero-order chi connectivity index (χ0) is 14.7. The summed E-state index contributed by atoms with van der Waals surface area (Å²) in [5, 5.41) is 5.79. The van der Waals surface area contributed by atoms with Crippen LogP contribution in [0.5, 0.6) is 0 Å². The third-order valence-electron chi connectivity index (χ3n) is 3.66. The molecule has 22 heavy (non-hydrogen) atoms. The Morgan fingerprint density at radius 1 is 1.27 bits per heavy atom. The van der Waals surface area contributed by atoms with E-state index in [1.54, 1.807) is 17.5 Å². The van der Waals surface area contributed by atoms with Gasteiger partial charge in [0.25, 0.3) is 0 Å². The Balaban J connectivity index is 0.00000176. The summed E-state index contributed by atoms with van der Waals surface area (Å²) >= 11 is 1.59. The zero-order valence-electron chi connectivity index (χ0n) is 12.0. The van der Waals surface area contributed by atoms with Gasteiger partial charge in [0, 0.05) is 36.0 Å². The van der Waals surface area contributed by atoms with Crippen LogP contribution in [0.15, 0.2) is 35.8 Å². The van der Waals surface area contributed by atoms with E-state index in [1.807, 2.05) is 29.6 Å². The molecule has 3 N–H and O–H groups in total. The summed E-state index contributed by atoms with van der Waals surface area (Å²) in [7, 11) is 0. The van der Waals surface area contributed by atoms with E-state index in [1.165, 1.54) is 0 Å². The molecule has 5 nitrogen and oxygen atoms in total. The monoisotopic (exact) mass is 339 g/mol. The highest BCUT2D eigenvalue weighted by Crippen LogP contribution is 2.24. The second-order valence-corrected chi connectivity index (χ2v) is 6.03. The second kappa shape index (κ2) is 7.19. The van der Waals surface area contributed by atoms with Gasteiger partial charge in [-0.15, -0.1) is 23.7 Å². The van der Waals surface area contributed by atoms with Crippen molar-refractivity contribution in [3.05, 3.63) is 35.8 Å². The molecule has 1 aliphatic heterocycles. The zero-order valence-corrected chi connectivity index (χ0v) is 13.6. The summed E-state index contributed by atoms with van der Waals surface area (Å²) in [4.78, 5) is 16.6. The number of benzene rings is 1. The van der Waals surface area contributed by atoms with Crippen LogP contribution in [0.4, 0.5) is 5.69 Å². The molecule has 7 heteroatoms. The second-order valence-electron chi connectivity index (χ2n) is 5.14. The number of ether oxygens (including phenoxy) is 1. The van der Waals surface area contributed by atoms with Gasteiger partial charge in [0.1, 0.15) is 10.5 Å². The van der Waals surface area contributed by atoms with Crippen LogP contribution in [-0.4, -0.2) is 29.6 Å². The lowest BCUT2D eigenvalue weighted by atomic mass is 9.90. The smallest absolute Gasteiger partial charge is 0.244 e. The van der Waals surface area contributed by atoms with Gasteiger partial charge in [-0.05, 0) is 37.1 Å². The fourth-order valence-corrected chi connectivity index (χ4v) is 2.92. The number of nitrogens with one attached hydrogen (secondary N) is 1. The number of aromatic nitrogens is 1. The van der Waals surface area contributed by atoms with Crippen LogP contribution in [0.2, 0.25) is 0 Å². The molecule has 2 aromatic rings. The number of rotatable bonds is 3. The normalized spacial score (nSPS) is 16.6. The Morgan fingerprint density at radius 3 is 2.55 bits per heavy atom. The van der Waals surface area contributed by atoms with Gasteiger partial charge in [0.15, 0.2) is 0 Å². The molecule has 0 atom stereocenters. The van der Waals surface area contributed by atoms with Crippen LogP contribution in [-0.2, 0) is 9.53 Å². The molecule has 0 saturated carbocycles. The molecule has 1 saturated heterocycles. The van der Waals surface area contributed by atoms with Crippen LogP contribution < -0.4 is 11.1 Å². The number of carbonyl (C=O) groups is 1. The Labute approximate surface area is 139 Å². The van der Waals surface area contributed by atoms with E-state index in [4.69, 9.17) is 10.5 Å². The summed E-state index contributed by atoms with van der Waals surface area (Å²) in [5.41, 5.74) is 7.12. The molecule has 2 heterocycles. The van der Waals surface area contributed by atoms with Gasteiger partial charge in [-0.1, -0.05) is 0 Å². The molecule has 1 aliphatic rings. The lowest BCUT2D eigenvalue weighted by molar-refractivity contribution is -0.124. The molecule has 118 valence electrons. The quantitative estimate of drug-likeness (QED) is 0.901. The van der Waals surface area contributed by atoms with Gasteiger partial charge >= 0.3 is 0 Å². The lowest BCUT2D eigenvalue weighted by Gasteiger charge is -2.31. The van der Waals surface area contributed by atoms with Crippen molar-refractivity contribution in [1.29, 1.82) is 0 Å². The Kier molecular flexibility index (Phi) is 5.52. The largest absolute Gasteiger partial charge is 0.381 e. The molecular formula is C15H18ClN3O2S. The minimum absolute atomic E-state index is 0. The van der Waals surface area contributed by atoms with Crippen molar-refractivity contribution in [1.82, 2.24) is 4.98 Å². The number of thiazole rings is 1. The van der Waals surface area contributed by atoms with Crippen molar-refractivity contribution in [2.75, 3.05) is 18.5 Å². The standard InChI is InChI=1S/C15H17N3O2S.ClH/c16-15(5-8-20-9-6-15)14(19)18-12-3-1-11(2-4-12)13-17-7-10-21-13;/h1-4,7,10H,5-6,8-9,16H2,(H,18,19);1H. The molecule has 0 aliphatic carbocycles. The maximum Gasteiger partial charge on any atom is 0.244 e. The number of anilines is 1. The summed E-state index contributed by atoms with van der Waals surface area (Å²) in [6.45, 7) is 1.07. The molecule has 1 aromatic heterocycles. The van der Waals surface area contributed by atoms with Crippen LogP contribution >= 0.6 is 23.7 Å². The number of carbonyl (C=O) groups excluding carboxylic acids is 1. The third kappa shape index (κ3) is 3.64. The first-order valence-corrected chi connectivity index (χ1v) is 7.73. The number of nitrogens with two attached hydrogens (primary N) is 1. The van der Waals surface area contributed by atoms with Crippen molar-refractivity contribution in [2.24, 2.45) is 5.73 Å². The molecule has 3 rings (SSSR count).